The highest BCUT2D eigenvalue weighted by Crippen LogP contribution is 2.32. The van der Waals surface area contributed by atoms with Crippen molar-refractivity contribution < 1.29 is 13.2 Å². The van der Waals surface area contributed by atoms with Gasteiger partial charge in [0, 0.05) is 31.6 Å². The summed E-state index contributed by atoms with van der Waals surface area (Å²) >= 11 is 4.61. The van der Waals surface area contributed by atoms with Crippen molar-refractivity contribution in [3.63, 3.8) is 0 Å². The molecule has 1 heterocycles. The summed E-state index contributed by atoms with van der Waals surface area (Å²) in [7, 11) is -1.94. The standard InChI is InChI=1S/C10H17BrN2O3S2/c1-3-16-5-4-13(2)18(14,15)9-6-8(7-12)17-10(9)11/h6H,3-5,7,12H2,1-2H3. The predicted octanol–water partition coefficient (Wildman–Crippen LogP) is 1.63. The van der Waals surface area contributed by atoms with Gasteiger partial charge < -0.3 is 10.5 Å². The lowest BCUT2D eigenvalue weighted by Gasteiger charge is -2.16. The van der Waals surface area contributed by atoms with Crippen LogP contribution in [0.3, 0.4) is 0 Å². The maximum Gasteiger partial charge on any atom is 0.244 e. The molecule has 0 aromatic carbocycles. The molecule has 0 spiro atoms. The van der Waals surface area contributed by atoms with E-state index in [4.69, 9.17) is 10.5 Å². The monoisotopic (exact) mass is 356 g/mol. The van der Waals surface area contributed by atoms with Crippen molar-refractivity contribution in [2.45, 2.75) is 18.4 Å². The Morgan fingerprint density at radius 1 is 1.56 bits per heavy atom. The molecule has 1 aromatic heterocycles. The zero-order valence-corrected chi connectivity index (χ0v) is 13.6. The van der Waals surface area contributed by atoms with Crippen molar-refractivity contribution >= 4 is 37.3 Å². The van der Waals surface area contributed by atoms with Crippen molar-refractivity contribution in [2.24, 2.45) is 5.73 Å². The predicted molar refractivity (Wildman–Crippen MR) is 76.2 cm³/mol. The van der Waals surface area contributed by atoms with E-state index in [2.05, 4.69) is 15.9 Å². The first-order valence-corrected chi connectivity index (χ1v) is 8.50. The van der Waals surface area contributed by atoms with E-state index in [-0.39, 0.29) is 4.90 Å². The van der Waals surface area contributed by atoms with Gasteiger partial charge in [-0.1, -0.05) is 0 Å². The molecule has 5 nitrogen and oxygen atoms in total. The normalized spacial score (nSPS) is 12.3. The van der Waals surface area contributed by atoms with Crippen LogP contribution >= 0.6 is 27.3 Å². The molecular weight excluding hydrogens is 340 g/mol. The number of nitrogens with zero attached hydrogens (tertiary/aromatic N) is 1. The Balaban J connectivity index is 2.87. The molecule has 0 aliphatic rings. The SMILES string of the molecule is CCOCCN(C)S(=O)(=O)c1cc(CN)sc1Br. The van der Waals surface area contributed by atoms with Gasteiger partial charge in [-0.15, -0.1) is 11.3 Å². The summed E-state index contributed by atoms with van der Waals surface area (Å²) in [5.41, 5.74) is 5.51. The molecule has 0 saturated heterocycles. The Hall–Kier alpha value is 0.01000. The highest BCUT2D eigenvalue weighted by Gasteiger charge is 2.25. The molecule has 2 N–H and O–H groups in total. The Bertz CT molecular complexity index is 487. The summed E-state index contributed by atoms with van der Waals surface area (Å²) in [5, 5.41) is 0. The number of rotatable bonds is 7. The summed E-state index contributed by atoms with van der Waals surface area (Å²) in [6.45, 7) is 3.50. The number of likely N-dealkylation sites (N-methyl/N-ethyl adjacent to an activating group) is 1. The molecule has 0 radical (unpaired) electrons. The highest BCUT2D eigenvalue weighted by atomic mass is 79.9. The summed E-state index contributed by atoms with van der Waals surface area (Å²) in [5.74, 6) is 0. The zero-order chi connectivity index (χ0) is 13.8. The molecule has 0 aliphatic heterocycles. The van der Waals surface area contributed by atoms with Gasteiger partial charge in [-0.2, -0.15) is 4.31 Å². The van der Waals surface area contributed by atoms with Crippen LogP contribution in [0.5, 0.6) is 0 Å². The summed E-state index contributed by atoms with van der Waals surface area (Å²) < 4.78 is 31.6. The van der Waals surface area contributed by atoms with Gasteiger partial charge in [0.25, 0.3) is 0 Å². The zero-order valence-electron chi connectivity index (χ0n) is 10.3. The largest absolute Gasteiger partial charge is 0.380 e. The molecule has 1 rings (SSSR count). The molecule has 0 bridgehead atoms. The first-order chi connectivity index (χ1) is 8.43. The highest BCUT2D eigenvalue weighted by molar-refractivity contribution is 9.11. The minimum Gasteiger partial charge on any atom is -0.380 e. The minimum absolute atomic E-state index is 0.270. The van der Waals surface area contributed by atoms with Crippen molar-refractivity contribution in [2.75, 3.05) is 26.8 Å². The Kier molecular flexibility index (Phi) is 6.22. The number of hydrogen-bond donors (Lipinski definition) is 1. The average molecular weight is 357 g/mol. The Labute approximate surface area is 120 Å². The molecular formula is C10H17BrN2O3S2. The van der Waals surface area contributed by atoms with E-state index < -0.39 is 10.0 Å². The topological polar surface area (TPSA) is 72.6 Å². The van der Waals surface area contributed by atoms with Gasteiger partial charge >= 0.3 is 0 Å². The maximum absolute atomic E-state index is 12.3. The fourth-order valence-electron chi connectivity index (χ4n) is 1.30. The molecule has 18 heavy (non-hydrogen) atoms. The third kappa shape index (κ3) is 3.75. The van der Waals surface area contributed by atoms with Crippen molar-refractivity contribution in [1.29, 1.82) is 0 Å². The molecule has 8 heteroatoms. The second-order valence-electron chi connectivity index (χ2n) is 3.58. The molecule has 0 amide bonds. The smallest absolute Gasteiger partial charge is 0.244 e. The summed E-state index contributed by atoms with van der Waals surface area (Å²) in [6, 6.07) is 1.61. The van der Waals surface area contributed by atoms with E-state index in [1.54, 1.807) is 13.1 Å². The van der Waals surface area contributed by atoms with Gasteiger partial charge in [-0.25, -0.2) is 8.42 Å². The van der Waals surface area contributed by atoms with Crippen LogP contribution in [0, 0.1) is 0 Å². The van der Waals surface area contributed by atoms with E-state index in [9.17, 15) is 8.42 Å². The second-order valence-corrected chi connectivity index (χ2v) is 8.05. The van der Waals surface area contributed by atoms with Gasteiger partial charge in [-0.05, 0) is 28.9 Å². The maximum atomic E-state index is 12.3. The molecule has 1 aromatic rings. The summed E-state index contributed by atoms with van der Waals surface area (Å²) in [6.07, 6.45) is 0. The van der Waals surface area contributed by atoms with E-state index in [0.717, 1.165) is 4.88 Å². The van der Waals surface area contributed by atoms with Crippen LogP contribution in [-0.4, -0.2) is 39.5 Å². The van der Waals surface area contributed by atoms with Crippen LogP contribution in [-0.2, 0) is 21.3 Å². The second kappa shape index (κ2) is 6.97. The van der Waals surface area contributed by atoms with E-state index in [0.29, 0.717) is 30.1 Å². The van der Waals surface area contributed by atoms with Crippen LogP contribution in [0.2, 0.25) is 0 Å². The molecule has 104 valence electrons. The number of hydrogen-bond acceptors (Lipinski definition) is 5. The number of nitrogens with two attached hydrogens (primary N) is 1. The first-order valence-electron chi connectivity index (χ1n) is 5.45. The number of halogens is 1. The van der Waals surface area contributed by atoms with Crippen LogP contribution < -0.4 is 5.73 Å². The fraction of sp³-hybridized carbons (Fsp3) is 0.600. The number of sulfonamides is 1. The molecule has 0 aliphatic carbocycles. The van der Waals surface area contributed by atoms with Gasteiger partial charge in [0.05, 0.1) is 10.4 Å². The number of thiophene rings is 1. The summed E-state index contributed by atoms with van der Waals surface area (Å²) in [4.78, 5) is 1.10. The van der Waals surface area contributed by atoms with Crippen LogP contribution in [0.4, 0.5) is 0 Å². The van der Waals surface area contributed by atoms with Crippen LogP contribution in [0.15, 0.2) is 14.7 Å². The molecule has 0 fully saturated rings. The van der Waals surface area contributed by atoms with E-state index >= 15 is 0 Å². The fourth-order valence-corrected chi connectivity index (χ4v) is 4.96. The lowest BCUT2D eigenvalue weighted by Crippen LogP contribution is -2.30. The quantitative estimate of drug-likeness (QED) is 0.753. The van der Waals surface area contributed by atoms with Gasteiger partial charge in [-0.3, -0.25) is 0 Å². The molecule has 0 atom stereocenters. The molecule has 0 unspecified atom stereocenters. The van der Waals surface area contributed by atoms with Crippen molar-refractivity contribution in [3.8, 4) is 0 Å². The number of ether oxygens (including phenoxy) is 1. The van der Waals surface area contributed by atoms with E-state index in [1.807, 2.05) is 6.92 Å². The third-order valence-electron chi connectivity index (χ3n) is 2.35. The van der Waals surface area contributed by atoms with Crippen LogP contribution in [0.25, 0.3) is 0 Å². The van der Waals surface area contributed by atoms with Crippen LogP contribution in [0.1, 0.15) is 11.8 Å². The van der Waals surface area contributed by atoms with Gasteiger partial charge in [0.15, 0.2) is 0 Å². The minimum atomic E-state index is -3.48. The van der Waals surface area contributed by atoms with Gasteiger partial charge in [0.1, 0.15) is 4.90 Å². The lowest BCUT2D eigenvalue weighted by molar-refractivity contribution is 0.138. The average Bonchev–Trinajstić information content (AvgIpc) is 2.71. The molecule has 0 saturated carbocycles. The van der Waals surface area contributed by atoms with Crippen molar-refractivity contribution in [1.82, 2.24) is 4.31 Å². The lowest BCUT2D eigenvalue weighted by atomic mass is 10.5. The Morgan fingerprint density at radius 3 is 2.72 bits per heavy atom. The Morgan fingerprint density at radius 2 is 2.22 bits per heavy atom. The van der Waals surface area contributed by atoms with E-state index in [1.165, 1.54) is 15.6 Å². The third-order valence-corrected chi connectivity index (χ3v) is 6.48. The van der Waals surface area contributed by atoms with Crippen molar-refractivity contribution in [3.05, 3.63) is 14.7 Å². The first kappa shape index (κ1) is 16.1. The van der Waals surface area contributed by atoms with Gasteiger partial charge in [0.2, 0.25) is 10.0 Å².